The Hall–Kier alpha value is -2.90. The molecule has 2 rings (SSSR count). The van der Waals surface area contributed by atoms with Crippen LogP contribution >= 0.6 is 0 Å². The van der Waals surface area contributed by atoms with Crippen molar-refractivity contribution in [2.24, 2.45) is 0 Å². The average Bonchev–Trinajstić information content (AvgIpc) is 2.52. The highest BCUT2D eigenvalue weighted by Crippen LogP contribution is 2.28. The highest BCUT2D eigenvalue weighted by atomic mass is 19.4. The van der Waals surface area contributed by atoms with E-state index in [1.54, 1.807) is 24.3 Å². The summed E-state index contributed by atoms with van der Waals surface area (Å²) in [4.78, 5) is 26.3. The summed E-state index contributed by atoms with van der Waals surface area (Å²) in [5.41, 5.74) is 0.386. The zero-order chi connectivity index (χ0) is 17.7. The molecule has 0 unspecified atom stereocenters. The third kappa shape index (κ3) is 4.80. The van der Waals surface area contributed by atoms with Gasteiger partial charge in [0.1, 0.15) is 5.69 Å². The number of benzene rings is 1. The van der Waals surface area contributed by atoms with Gasteiger partial charge in [-0.3, -0.25) is 14.6 Å². The minimum absolute atomic E-state index is 0.0992. The van der Waals surface area contributed by atoms with Crippen molar-refractivity contribution in [3.8, 4) is 0 Å². The molecule has 24 heavy (non-hydrogen) atoms. The van der Waals surface area contributed by atoms with Crippen LogP contribution in [0.2, 0.25) is 0 Å². The van der Waals surface area contributed by atoms with Crippen molar-refractivity contribution in [1.82, 2.24) is 10.3 Å². The van der Waals surface area contributed by atoms with E-state index in [-0.39, 0.29) is 18.1 Å². The normalized spacial score (nSPS) is 11.0. The second kappa shape index (κ2) is 7.12. The molecule has 0 aliphatic rings. The third-order valence-electron chi connectivity index (χ3n) is 3.05. The van der Waals surface area contributed by atoms with Gasteiger partial charge in [-0.15, -0.1) is 0 Å². The molecule has 1 aromatic heterocycles. The Morgan fingerprint density at radius 3 is 2.25 bits per heavy atom. The van der Waals surface area contributed by atoms with Gasteiger partial charge in [0, 0.05) is 25.4 Å². The maximum absolute atomic E-state index is 12.4. The molecule has 2 aromatic rings. The van der Waals surface area contributed by atoms with E-state index in [0.29, 0.717) is 11.9 Å². The first-order chi connectivity index (χ1) is 11.3. The van der Waals surface area contributed by atoms with Gasteiger partial charge in [0.25, 0.3) is 5.91 Å². The van der Waals surface area contributed by atoms with Crippen LogP contribution in [0.5, 0.6) is 0 Å². The lowest BCUT2D eigenvalue weighted by atomic mass is 10.2. The minimum Gasteiger partial charge on any atom is -0.347 e. The van der Waals surface area contributed by atoms with Crippen LogP contribution in [0.4, 0.5) is 18.9 Å². The molecular weight excluding hydrogens is 323 g/mol. The van der Waals surface area contributed by atoms with Crippen molar-refractivity contribution in [3.05, 3.63) is 59.4 Å². The van der Waals surface area contributed by atoms with Gasteiger partial charge in [0.15, 0.2) is 0 Å². The summed E-state index contributed by atoms with van der Waals surface area (Å²) in [5, 5.41) is 5.18. The summed E-state index contributed by atoms with van der Waals surface area (Å²) < 4.78 is 37.3. The van der Waals surface area contributed by atoms with E-state index in [1.165, 1.54) is 6.92 Å². The number of rotatable bonds is 4. The molecule has 0 radical (unpaired) electrons. The predicted octanol–water partition coefficient (Wildman–Crippen LogP) is 2.99. The molecule has 1 aromatic carbocycles. The molecule has 0 atom stereocenters. The van der Waals surface area contributed by atoms with Gasteiger partial charge in [-0.2, -0.15) is 13.2 Å². The fourth-order valence-electron chi connectivity index (χ4n) is 1.88. The maximum atomic E-state index is 12.4. The Bertz CT molecular complexity index is 726. The molecule has 0 spiro atoms. The van der Waals surface area contributed by atoms with E-state index < -0.39 is 17.6 Å². The SMILES string of the molecule is CC(=O)Nc1ccc(CNC(=O)c2ccc(C(F)(F)F)cn2)cc1. The minimum atomic E-state index is -4.49. The molecule has 0 fully saturated rings. The number of nitrogens with one attached hydrogen (secondary N) is 2. The van der Waals surface area contributed by atoms with Crippen molar-refractivity contribution in [2.45, 2.75) is 19.6 Å². The Balaban J connectivity index is 1.94. The molecule has 0 saturated heterocycles. The number of alkyl halides is 3. The summed E-state index contributed by atoms with van der Waals surface area (Å²) >= 11 is 0. The number of carbonyl (C=O) groups is 2. The number of aromatic nitrogens is 1. The number of amides is 2. The molecular formula is C16H14F3N3O2. The standard InChI is InChI=1S/C16H14F3N3O2/c1-10(23)22-13-5-2-11(3-6-13)8-21-15(24)14-7-4-12(9-20-14)16(17,18)19/h2-7,9H,8H2,1H3,(H,21,24)(H,22,23). The van der Waals surface area contributed by atoms with Crippen molar-refractivity contribution >= 4 is 17.5 Å². The zero-order valence-corrected chi connectivity index (χ0v) is 12.6. The van der Waals surface area contributed by atoms with Crippen LogP contribution in [-0.2, 0) is 17.5 Å². The van der Waals surface area contributed by atoms with E-state index >= 15 is 0 Å². The van der Waals surface area contributed by atoms with E-state index in [9.17, 15) is 22.8 Å². The Morgan fingerprint density at radius 1 is 1.08 bits per heavy atom. The monoisotopic (exact) mass is 337 g/mol. The topological polar surface area (TPSA) is 71.1 Å². The molecule has 5 nitrogen and oxygen atoms in total. The number of nitrogens with zero attached hydrogens (tertiary/aromatic N) is 1. The van der Waals surface area contributed by atoms with Gasteiger partial charge in [0.2, 0.25) is 5.91 Å². The number of hydrogen-bond acceptors (Lipinski definition) is 3. The number of pyridine rings is 1. The second-order valence-electron chi connectivity index (χ2n) is 4.99. The maximum Gasteiger partial charge on any atom is 0.417 e. The van der Waals surface area contributed by atoms with Crippen LogP contribution in [-0.4, -0.2) is 16.8 Å². The Morgan fingerprint density at radius 2 is 1.75 bits per heavy atom. The van der Waals surface area contributed by atoms with Crippen LogP contribution in [0, 0.1) is 0 Å². The summed E-state index contributed by atoms with van der Waals surface area (Å²) in [6.45, 7) is 1.58. The third-order valence-corrected chi connectivity index (χ3v) is 3.05. The van der Waals surface area contributed by atoms with Gasteiger partial charge >= 0.3 is 6.18 Å². The van der Waals surface area contributed by atoms with E-state index in [1.807, 2.05) is 0 Å². The molecule has 8 heteroatoms. The first-order valence-corrected chi connectivity index (χ1v) is 6.93. The molecule has 2 amide bonds. The van der Waals surface area contributed by atoms with Gasteiger partial charge in [-0.1, -0.05) is 12.1 Å². The lowest BCUT2D eigenvalue weighted by molar-refractivity contribution is -0.137. The fourth-order valence-corrected chi connectivity index (χ4v) is 1.88. The van der Waals surface area contributed by atoms with E-state index in [2.05, 4.69) is 15.6 Å². The molecule has 126 valence electrons. The van der Waals surface area contributed by atoms with Gasteiger partial charge in [0.05, 0.1) is 5.56 Å². The summed E-state index contributed by atoms with van der Waals surface area (Å²) in [7, 11) is 0. The molecule has 2 N–H and O–H groups in total. The molecule has 1 heterocycles. The molecule has 0 bridgehead atoms. The fraction of sp³-hybridized carbons (Fsp3) is 0.188. The average molecular weight is 337 g/mol. The predicted molar refractivity (Wildman–Crippen MR) is 81.2 cm³/mol. The number of halogens is 3. The number of carbonyl (C=O) groups excluding carboxylic acids is 2. The van der Waals surface area contributed by atoms with Crippen LogP contribution in [0.1, 0.15) is 28.5 Å². The van der Waals surface area contributed by atoms with Crippen LogP contribution in [0.15, 0.2) is 42.6 Å². The molecule has 0 saturated carbocycles. The van der Waals surface area contributed by atoms with Crippen LogP contribution in [0.3, 0.4) is 0 Å². The highest BCUT2D eigenvalue weighted by Gasteiger charge is 2.30. The van der Waals surface area contributed by atoms with Gasteiger partial charge in [-0.25, -0.2) is 0 Å². The largest absolute Gasteiger partial charge is 0.417 e. The lowest BCUT2D eigenvalue weighted by Gasteiger charge is -2.08. The number of hydrogen-bond donors (Lipinski definition) is 2. The first kappa shape index (κ1) is 17.5. The number of anilines is 1. The summed E-state index contributed by atoms with van der Waals surface area (Å²) in [6, 6.07) is 8.62. The van der Waals surface area contributed by atoms with Gasteiger partial charge in [-0.05, 0) is 29.8 Å². The van der Waals surface area contributed by atoms with Crippen LogP contribution in [0.25, 0.3) is 0 Å². The van der Waals surface area contributed by atoms with Crippen molar-refractivity contribution in [3.63, 3.8) is 0 Å². The quantitative estimate of drug-likeness (QED) is 0.901. The lowest BCUT2D eigenvalue weighted by Crippen LogP contribution is -2.24. The first-order valence-electron chi connectivity index (χ1n) is 6.93. The van der Waals surface area contributed by atoms with E-state index in [4.69, 9.17) is 0 Å². The van der Waals surface area contributed by atoms with Crippen LogP contribution < -0.4 is 10.6 Å². The zero-order valence-electron chi connectivity index (χ0n) is 12.6. The second-order valence-corrected chi connectivity index (χ2v) is 4.99. The van der Waals surface area contributed by atoms with Crippen molar-refractivity contribution < 1.29 is 22.8 Å². The van der Waals surface area contributed by atoms with Crippen molar-refractivity contribution in [1.29, 1.82) is 0 Å². The van der Waals surface area contributed by atoms with E-state index in [0.717, 1.165) is 17.7 Å². The van der Waals surface area contributed by atoms with Crippen molar-refractivity contribution in [2.75, 3.05) is 5.32 Å². The Kier molecular flexibility index (Phi) is 5.18. The highest BCUT2D eigenvalue weighted by molar-refractivity contribution is 5.92. The summed E-state index contributed by atoms with van der Waals surface area (Å²) in [6.07, 6.45) is -3.87. The molecule has 0 aliphatic heterocycles. The Labute approximate surface area is 135 Å². The van der Waals surface area contributed by atoms with Gasteiger partial charge < -0.3 is 10.6 Å². The molecule has 0 aliphatic carbocycles. The smallest absolute Gasteiger partial charge is 0.347 e. The summed E-state index contributed by atoms with van der Waals surface area (Å²) in [5.74, 6) is -0.765.